The molecule has 0 saturated carbocycles. The minimum atomic E-state index is 0.124. The summed E-state index contributed by atoms with van der Waals surface area (Å²) < 4.78 is 15.9. The summed E-state index contributed by atoms with van der Waals surface area (Å²) in [6, 6.07) is 8.03. The number of nitrogens with two attached hydrogens (primary N) is 1. The number of guanidine groups is 1. The maximum atomic E-state index is 5.88. The van der Waals surface area contributed by atoms with Crippen LogP contribution in [-0.2, 0) is 16.0 Å². The van der Waals surface area contributed by atoms with Gasteiger partial charge in [0, 0.05) is 33.4 Å². The highest BCUT2D eigenvalue weighted by Crippen LogP contribution is 2.14. The Morgan fingerprint density at radius 3 is 2.72 bits per heavy atom. The SMILES string of the molecule is COCCN(C)CCOc1cccc(CN=C(N)NC(C)COC)c1. The predicted octanol–water partition coefficient (Wildman–Crippen LogP) is 1.08. The molecule has 0 radical (unpaired) electrons. The van der Waals surface area contributed by atoms with Gasteiger partial charge in [0.15, 0.2) is 5.96 Å². The minimum absolute atomic E-state index is 0.124. The number of nitrogens with one attached hydrogen (secondary N) is 1. The smallest absolute Gasteiger partial charge is 0.189 e. The summed E-state index contributed by atoms with van der Waals surface area (Å²) in [6.45, 7) is 6.17. The van der Waals surface area contributed by atoms with Crippen molar-refractivity contribution < 1.29 is 14.2 Å². The highest BCUT2D eigenvalue weighted by Gasteiger charge is 2.03. The molecule has 0 bridgehead atoms. The summed E-state index contributed by atoms with van der Waals surface area (Å²) in [4.78, 5) is 6.52. The lowest BCUT2D eigenvalue weighted by Gasteiger charge is -2.16. The van der Waals surface area contributed by atoms with Crippen LogP contribution in [0.15, 0.2) is 29.3 Å². The molecular weight excluding hydrogens is 320 g/mol. The summed E-state index contributed by atoms with van der Waals surface area (Å²) in [5, 5.41) is 3.08. The number of nitrogens with zero attached hydrogens (tertiary/aromatic N) is 2. The van der Waals surface area contributed by atoms with Gasteiger partial charge in [-0.1, -0.05) is 12.1 Å². The second-order valence-electron chi connectivity index (χ2n) is 5.99. The fourth-order valence-electron chi connectivity index (χ4n) is 2.18. The molecule has 0 aliphatic carbocycles. The Morgan fingerprint density at radius 1 is 1.24 bits per heavy atom. The summed E-state index contributed by atoms with van der Waals surface area (Å²) in [6.07, 6.45) is 0. The normalized spacial score (nSPS) is 13.1. The maximum absolute atomic E-state index is 5.88. The molecular formula is C18H32N4O3. The van der Waals surface area contributed by atoms with Gasteiger partial charge in [-0.25, -0.2) is 4.99 Å². The number of methoxy groups -OCH3 is 2. The molecule has 1 rings (SSSR count). The second-order valence-corrected chi connectivity index (χ2v) is 5.99. The molecule has 7 heteroatoms. The van der Waals surface area contributed by atoms with Crippen LogP contribution in [0.3, 0.4) is 0 Å². The zero-order valence-corrected chi connectivity index (χ0v) is 15.8. The maximum Gasteiger partial charge on any atom is 0.189 e. The summed E-state index contributed by atoms with van der Waals surface area (Å²) in [5.41, 5.74) is 6.93. The van der Waals surface area contributed by atoms with Gasteiger partial charge in [-0.2, -0.15) is 0 Å². The molecule has 0 aromatic heterocycles. The third-order valence-corrected chi connectivity index (χ3v) is 3.56. The molecule has 1 aromatic rings. The number of hydrogen-bond acceptors (Lipinski definition) is 5. The van der Waals surface area contributed by atoms with Crippen molar-refractivity contribution in [3.05, 3.63) is 29.8 Å². The molecule has 0 aliphatic rings. The van der Waals surface area contributed by atoms with E-state index < -0.39 is 0 Å². The van der Waals surface area contributed by atoms with Gasteiger partial charge in [-0.15, -0.1) is 0 Å². The highest BCUT2D eigenvalue weighted by molar-refractivity contribution is 5.78. The first-order chi connectivity index (χ1) is 12.0. The fraction of sp³-hybridized carbons (Fsp3) is 0.611. The van der Waals surface area contributed by atoms with E-state index in [1.165, 1.54) is 0 Å². The predicted molar refractivity (Wildman–Crippen MR) is 101 cm³/mol. The van der Waals surface area contributed by atoms with E-state index in [2.05, 4.69) is 15.2 Å². The first kappa shape index (κ1) is 21.2. The molecule has 3 N–H and O–H groups in total. The molecule has 0 aliphatic heterocycles. The van der Waals surface area contributed by atoms with Gasteiger partial charge >= 0.3 is 0 Å². The van der Waals surface area contributed by atoms with E-state index in [9.17, 15) is 0 Å². The van der Waals surface area contributed by atoms with Crippen LogP contribution in [0.2, 0.25) is 0 Å². The topological polar surface area (TPSA) is 81.3 Å². The Labute approximate surface area is 151 Å². The molecule has 0 amide bonds. The van der Waals surface area contributed by atoms with Crippen molar-refractivity contribution in [1.29, 1.82) is 0 Å². The largest absolute Gasteiger partial charge is 0.492 e. The third-order valence-electron chi connectivity index (χ3n) is 3.56. The van der Waals surface area contributed by atoms with Crippen molar-refractivity contribution in [2.24, 2.45) is 10.7 Å². The van der Waals surface area contributed by atoms with Gasteiger partial charge in [-0.3, -0.25) is 0 Å². The Balaban J connectivity index is 2.41. The van der Waals surface area contributed by atoms with Crippen LogP contribution in [0.25, 0.3) is 0 Å². The van der Waals surface area contributed by atoms with Gasteiger partial charge in [0.05, 0.1) is 19.8 Å². The van der Waals surface area contributed by atoms with Gasteiger partial charge in [-0.05, 0) is 31.7 Å². The lowest BCUT2D eigenvalue weighted by atomic mass is 10.2. The first-order valence-electron chi connectivity index (χ1n) is 8.49. The number of likely N-dealkylation sites (N-methyl/N-ethyl adjacent to an activating group) is 1. The van der Waals surface area contributed by atoms with Gasteiger partial charge in [0.2, 0.25) is 0 Å². The molecule has 0 spiro atoms. The second kappa shape index (κ2) is 12.5. The number of ether oxygens (including phenoxy) is 3. The van der Waals surface area contributed by atoms with E-state index >= 15 is 0 Å². The molecule has 0 saturated heterocycles. The summed E-state index contributed by atoms with van der Waals surface area (Å²) in [5.74, 6) is 1.25. The lowest BCUT2D eigenvalue weighted by Crippen LogP contribution is -2.40. The van der Waals surface area contributed by atoms with E-state index in [0.29, 0.717) is 25.7 Å². The molecule has 1 atom stereocenters. The van der Waals surface area contributed by atoms with Crippen LogP contribution in [0, 0.1) is 0 Å². The van der Waals surface area contributed by atoms with Crippen LogP contribution in [-0.4, -0.2) is 71.1 Å². The summed E-state index contributed by atoms with van der Waals surface area (Å²) >= 11 is 0. The molecule has 1 aromatic carbocycles. The molecule has 7 nitrogen and oxygen atoms in total. The van der Waals surface area contributed by atoms with Crippen molar-refractivity contribution >= 4 is 5.96 Å². The van der Waals surface area contributed by atoms with E-state index in [1.807, 2.05) is 38.2 Å². The van der Waals surface area contributed by atoms with E-state index in [4.69, 9.17) is 19.9 Å². The number of benzene rings is 1. The number of aliphatic imine (C=N–C) groups is 1. The minimum Gasteiger partial charge on any atom is -0.492 e. The van der Waals surface area contributed by atoms with Crippen molar-refractivity contribution in [2.45, 2.75) is 19.5 Å². The standard InChI is InChI=1S/C18H32N4O3/c1-15(14-24-4)21-18(19)20-13-16-6-5-7-17(12-16)25-11-9-22(2)8-10-23-3/h5-7,12,15H,8-11,13-14H2,1-4H3,(H3,19,20,21). The van der Waals surface area contributed by atoms with Gasteiger partial charge in [0.25, 0.3) is 0 Å². The first-order valence-corrected chi connectivity index (χ1v) is 8.49. The van der Waals surface area contributed by atoms with Crippen LogP contribution in [0.5, 0.6) is 5.75 Å². The van der Waals surface area contributed by atoms with E-state index in [0.717, 1.165) is 31.0 Å². The molecule has 0 heterocycles. The quantitative estimate of drug-likeness (QED) is 0.433. The zero-order chi connectivity index (χ0) is 18.5. The highest BCUT2D eigenvalue weighted by atomic mass is 16.5. The van der Waals surface area contributed by atoms with Gasteiger partial charge in [0.1, 0.15) is 12.4 Å². The molecule has 0 fully saturated rings. The van der Waals surface area contributed by atoms with Crippen LogP contribution < -0.4 is 15.8 Å². The number of rotatable bonds is 12. The molecule has 142 valence electrons. The Kier molecular flexibility index (Phi) is 10.6. The Bertz CT molecular complexity index is 511. The van der Waals surface area contributed by atoms with Crippen molar-refractivity contribution in [3.63, 3.8) is 0 Å². The number of hydrogen-bond donors (Lipinski definition) is 2. The van der Waals surface area contributed by atoms with Crippen LogP contribution >= 0.6 is 0 Å². The van der Waals surface area contributed by atoms with E-state index in [-0.39, 0.29) is 6.04 Å². The van der Waals surface area contributed by atoms with Crippen molar-refractivity contribution in [2.75, 3.05) is 54.2 Å². The Morgan fingerprint density at radius 2 is 2.00 bits per heavy atom. The lowest BCUT2D eigenvalue weighted by molar-refractivity contribution is 0.150. The van der Waals surface area contributed by atoms with Crippen LogP contribution in [0.1, 0.15) is 12.5 Å². The average Bonchev–Trinajstić information content (AvgIpc) is 2.59. The van der Waals surface area contributed by atoms with Crippen LogP contribution in [0.4, 0.5) is 0 Å². The van der Waals surface area contributed by atoms with Crippen molar-refractivity contribution in [1.82, 2.24) is 10.2 Å². The van der Waals surface area contributed by atoms with Gasteiger partial charge < -0.3 is 30.2 Å². The fourth-order valence-corrected chi connectivity index (χ4v) is 2.18. The molecule has 1 unspecified atom stereocenters. The summed E-state index contributed by atoms with van der Waals surface area (Å²) in [7, 11) is 5.42. The molecule has 25 heavy (non-hydrogen) atoms. The average molecular weight is 352 g/mol. The Hall–Kier alpha value is -1.83. The van der Waals surface area contributed by atoms with E-state index in [1.54, 1.807) is 14.2 Å². The third kappa shape index (κ3) is 9.91. The van der Waals surface area contributed by atoms with Crippen molar-refractivity contribution in [3.8, 4) is 5.75 Å². The monoisotopic (exact) mass is 352 g/mol. The zero-order valence-electron chi connectivity index (χ0n) is 15.8.